The number of amides is 2. The maximum atomic E-state index is 12.9. The summed E-state index contributed by atoms with van der Waals surface area (Å²) in [5.41, 5.74) is 6.38. The first-order valence-electron chi connectivity index (χ1n) is 9.54. The van der Waals surface area contributed by atoms with Gasteiger partial charge in [-0.05, 0) is 66.5 Å². The predicted molar refractivity (Wildman–Crippen MR) is 124 cm³/mol. The maximum absolute atomic E-state index is 12.9. The Labute approximate surface area is 184 Å². The minimum absolute atomic E-state index is 0.284. The zero-order valence-electron chi connectivity index (χ0n) is 16.7. The van der Waals surface area contributed by atoms with E-state index < -0.39 is 5.91 Å². The Kier molecular flexibility index (Phi) is 5.78. The highest BCUT2D eigenvalue weighted by molar-refractivity contribution is 8.26. The first-order valence-corrected chi connectivity index (χ1v) is 10.8. The fourth-order valence-electron chi connectivity index (χ4n) is 3.60. The molecule has 0 saturated carbocycles. The third-order valence-electron chi connectivity index (χ3n) is 5.11. The molecule has 0 aromatic heterocycles. The molecule has 0 aliphatic carbocycles. The molecule has 30 heavy (non-hydrogen) atoms. The molecule has 2 amide bonds. The van der Waals surface area contributed by atoms with Gasteiger partial charge in [0.2, 0.25) is 0 Å². The zero-order chi connectivity index (χ0) is 21.3. The highest BCUT2D eigenvalue weighted by Crippen LogP contribution is 2.33. The topological polar surface area (TPSA) is 61.9 Å². The van der Waals surface area contributed by atoms with Gasteiger partial charge in [-0.2, -0.15) is 5.01 Å². The van der Waals surface area contributed by atoms with Crippen molar-refractivity contribution in [1.82, 2.24) is 10.4 Å². The first kappa shape index (κ1) is 20.4. The van der Waals surface area contributed by atoms with Crippen LogP contribution in [0.1, 0.15) is 27.9 Å². The number of carbonyl (C=O) groups excluding carboxylic acids is 2. The molecule has 0 atom stereocenters. The molecule has 0 radical (unpaired) electrons. The molecule has 1 saturated heterocycles. The second kappa shape index (κ2) is 8.49. The fraction of sp³-hybridized carbons (Fsp3) is 0.227. The summed E-state index contributed by atoms with van der Waals surface area (Å²) in [6.07, 6.45) is 3.96. The summed E-state index contributed by atoms with van der Waals surface area (Å²) in [4.78, 5) is 28.2. The fourth-order valence-corrected chi connectivity index (χ4v) is 4.78. The summed E-state index contributed by atoms with van der Waals surface area (Å²) in [5, 5.41) is 1.12. The quantitative estimate of drug-likeness (QED) is 0.580. The molecule has 1 N–H and O–H groups in total. The highest BCUT2D eigenvalue weighted by atomic mass is 32.2. The second-order valence-corrected chi connectivity index (χ2v) is 8.75. The summed E-state index contributed by atoms with van der Waals surface area (Å²) >= 11 is 6.50. The molecule has 2 aliphatic rings. The lowest BCUT2D eigenvalue weighted by Crippen LogP contribution is -2.44. The number of hydrazine groups is 1. The van der Waals surface area contributed by atoms with Crippen LogP contribution in [0.3, 0.4) is 0 Å². The van der Waals surface area contributed by atoms with Crippen molar-refractivity contribution in [2.24, 2.45) is 0 Å². The summed E-state index contributed by atoms with van der Waals surface area (Å²) in [5.74, 6) is -0.375. The van der Waals surface area contributed by atoms with E-state index in [4.69, 9.17) is 17.0 Å². The van der Waals surface area contributed by atoms with Gasteiger partial charge in [0, 0.05) is 19.3 Å². The average Bonchev–Trinajstić information content (AvgIpc) is 3.01. The molecular weight excluding hydrogens is 418 g/mol. The van der Waals surface area contributed by atoms with E-state index >= 15 is 0 Å². The van der Waals surface area contributed by atoms with Crippen LogP contribution in [0.4, 0.5) is 5.69 Å². The first-order chi connectivity index (χ1) is 14.5. The minimum atomic E-state index is -0.457. The number of ether oxygens (including phenoxy) is 1. The van der Waals surface area contributed by atoms with E-state index in [1.165, 1.54) is 30.1 Å². The number of thiocarbonyl (C=S) groups is 1. The van der Waals surface area contributed by atoms with E-state index in [1.54, 1.807) is 24.3 Å². The van der Waals surface area contributed by atoms with Crippen LogP contribution >= 0.6 is 24.0 Å². The summed E-state index contributed by atoms with van der Waals surface area (Å²) in [7, 11) is 3.58. The van der Waals surface area contributed by atoms with E-state index in [-0.39, 0.29) is 10.2 Å². The van der Waals surface area contributed by atoms with E-state index in [0.717, 1.165) is 30.0 Å². The van der Waals surface area contributed by atoms with Gasteiger partial charge in [0.1, 0.15) is 5.75 Å². The standard InChI is InChI=1S/C22H21N3O3S2/c1-24-11-5-6-15-12-14(9-10-17(15)24)13-19-21(27)25(22(29)30-19)23-20(26)16-7-3-4-8-18(16)28-2/h3-4,7-10,12-13H,5-6,11H2,1-2H3,(H,23,26)/b19-13-. The van der Waals surface area contributed by atoms with Crippen LogP contribution in [0.2, 0.25) is 0 Å². The number of hydrogen-bond donors (Lipinski definition) is 1. The van der Waals surface area contributed by atoms with Crippen molar-refractivity contribution in [3.05, 3.63) is 64.1 Å². The third kappa shape index (κ3) is 3.93. The number of carbonyl (C=O) groups is 2. The molecule has 2 aliphatic heterocycles. The SMILES string of the molecule is COc1ccccc1C(=O)NN1C(=O)/C(=C/c2ccc3c(c2)CCCN3C)SC1=S. The number of aryl methyl sites for hydroxylation is 1. The van der Waals surface area contributed by atoms with E-state index in [0.29, 0.717) is 16.2 Å². The monoisotopic (exact) mass is 439 g/mol. The lowest BCUT2D eigenvalue weighted by molar-refractivity contribution is -0.123. The van der Waals surface area contributed by atoms with Gasteiger partial charge in [-0.15, -0.1) is 0 Å². The molecule has 4 rings (SSSR count). The van der Waals surface area contributed by atoms with Crippen LogP contribution < -0.4 is 15.1 Å². The van der Waals surface area contributed by atoms with Crippen molar-refractivity contribution < 1.29 is 14.3 Å². The molecule has 1 fully saturated rings. The van der Waals surface area contributed by atoms with Crippen LogP contribution in [0.5, 0.6) is 5.75 Å². The summed E-state index contributed by atoms with van der Waals surface area (Å²) < 4.78 is 5.51. The van der Waals surface area contributed by atoms with Crippen molar-refractivity contribution in [2.75, 3.05) is 25.6 Å². The molecular formula is C22H21N3O3S2. The number of hydrogen-bond acceptors (Lipinski definition) is 6. The largest absolute Gasteiger partial charge is 0.496 e. The number of rotatable bonds is 4. The van der Waals surface area contributed by atoms with Gasteiger partial charge in [-0.1, -0.05) is 30.0 Å². The number of nitrogens with one attached hydrogen (secondary N) is 1. The normalized spacial score (nSPS) is 17.3. The smallest absolute Gasteiger partial charge is 0.285 e. The lowest BCUT2D eigenvalue weighted by Gasteiger charge is -2.27. The van der Waals surface area contributed by atoms with Crippen molar-refractivity contribution >= 4 is 51.9 Å². The Morgan fingerprint density at radius 3 is 2.87 bits per heavy atom. The number of anilines is 1. The molecule has 2 heterocycles. The molecule has 154 valence electrons. The Balaban J connectivity index is 1.53. The molecule has 0 bridgehead atoms. The van der Waals surface area contributed by atoms with Gasteiger partial charge in [-0.3, -0.25) is 15.0 Å². The Bertz CT molecular complexity index is 1070. The lowest BCUT2D eigenvalue weighted by atomic mass is 9.99. The van der Waals surface area contributed by atoms with Gasteiger partial charge in [-0.25, -0.2) is 0 Å². The van der Waals surface area contributed by atoms with Gasteiger partial charge in [0.15, 0.2) is 4.32 Å². The average molecular weight is 440 g/mol. The van der Waals surface area contributed by atoms with Gasteiger partial charge < -0.3 is 9.64 Å². The molecule has 2 aromatic carbocycles. The van der Waals surface area contributed by atoms with Crippen LogP contribution in [0.15, 0.2) is 47.4 Å². The Hall–Kier alpha value is -2.84. The maximum Gasteiger partial charge on any atom is 0.285 e. The van der Waals surface area contributed by atoms with Crippen LogP contribution in [0.25, 0.3) is 6.08 Å². The van der Waals surface area contributed by atoms with Gasteiger partial charge in [0.25, 0.3) is 11.8 Å². The van der Waals surface area contributed by atoms with E-state index in [1.807, 2.05) is 12.1 Å². The Morgan fingerprint density at radius 1 is 1.27 bits per heavy atom. The highest BCUT2D eigenvalue weighted by Gasteiger charge is 2.34. The van der Waals surface area contributed by atoms with Crippen LogP contribution in [0, 0.1) is 0 Å². The van der Waals surface area contributed by atoms with Crippen LogP contribution in [-0.2, 0) is 11.2 Å². The predicted octanol–water partition coefficient (Wildman–Crippen LogP) is 3.62. The van der Waals surface area contributed by atoms with Crippen molar-refractivity contribution in [1.29, 1.82) is 0 Å². The molecule has 2 aromatic rings. The van der Waals surface area contributed by atoms with Crippen molar-refractivity contribution in [3.8, 4) is 5.75 Å². The number of methoxy groups -OCH3 is 1. The minimum Gasteiger partial charge on any atom is -0.496 e. The summed E-state index contributed by atoms with van der Waals surface area (Å²) in [6.45, 7) is 1.05. The molecule has 0 spiro atoms. The van der Waals surface area contributed by atoms with E-state index in [9.17, 15) is 9.59 Å². The van der Waals surface area contributed by atoms with Crippen molar-refractivity contribution in [3.63, 3.8) is 0 Å². The third-order valence-corrected chi connectivity index (χ3v) is 6.41. The van der Waals surface area contributed by atoms with Crippen LogP contribution in [-0.4, -0.2) is 41.8 Å². The number of para-hydroxylation sites is 1. The number of nitrogens with zero attached hydrogens (tertiary/aromatic N) is 2. The van der Waals surface area contributed by atoms with Gasteiger partial charge in [0.05, 0.1) is 17.6 Å². The van der Waals surface area contributed by atoms with Crippen molar-refractivity contribution in [2.45, 2.75) is 12.8 Å². The summed E-state index contributed by atoms with van der Waals surface area (Å²) in [6, 6.07) is 13.0. The van der Waals surface area contributed by atoms with Gasteiger partial charge >= 0.3 is 0 Å². The zero-order valence-corrected chi connectivity index (χ0v) is 18.3. The number of fused-ring (bicyclic) bond motifs is 1. The Morgan fingerprint density at radius 2 is 2.07 bits per heavy atom. The molecule has 0 unspecified atom stereocenters. The molecule has 8 heteroatoms. The second-order valence-electron chi connectivity index (χ2n) is 7.07. The number of thioether (sulfide) groups is 1. The number of benzene rings is 2. The van der Waals surface area contributed by atoms with E-state index in [2.05, 4.69) is 29.5 Å². The molecule has 6 nitrogen and oxygen atoms in total.